The minimum Gasteiger partial charge on any atom is -0.300 e. The third-order valence-electron chi connectivity index (χ3n) is 10.7. The molecule has 1 N–H and O–H groups in total. The Morgan fingerprint density at radius 3 is 1.25 bits per heavy atom. The van der Waals surface area contributed by atoms with E-state index in [0.29, 0.717) is 18.7 Å². The summed E-state index contributed by atoms with van der Waals surface area (Å²) in [5.74, 6) is 0. The molecule has 0 fully saturated rings. The second kappa shape index (κ2) is 16.1. The van der Waals surface area contributed by atoms with Gasteiger partial charge in [-0.3, -0.25) is 5.32 Å². The summed E-state index contributed by atoms with van der Waals surface area (Å²) >= 11 is 0. The van der Waals surface area contributed by atoms with E-state index >= 15 is 0 Å². The van der Waals surface area contributed by atoms with Crippen LogP contribution in [0, 0.1) is 11.3 Å². The third-order valence-corrected chi connectivity index (χ3v) is 10.7. The lowest BCUT2D eigenvalue weighted by Crippen LogP contribution is -2.57. The third kappa shape index (κ3) is 6.90. The molecule has 0 radical (unpaired) electrons. The SMILES string of the molecule is N#Cc1ccc(Cn2c[n+](C(c3ccccc3)(c3ccccc3)c3ccccc3)cc2CCNC(c2ccccc2)(c2ccccc2)c2ccccc2)cc1. The first-order valence-corrected chi connectivity index (χ1v) is 18.9. The van der Waals surface area contributed by atoms with E-state index in [-0.39, 0.29) is 0 Å². The normalized spacial score (nSPS) is 11.5. The molecule has 4 heteroatoms. The van der Waals surface area contributed by atoms with Crippen LogP contribution >= 0.6 is 0 Å². The average Bonchev–Trinajstić information content (AvgIpc) is 3.67. The van der Waals surface area contributed by atoms with Crippen LogP contribution in [0.2, 0.25) is 0 Å². The van der Waals surface area contributed by atoms with Gasteiger partial charge in [0, 0.05) is 29.7 Å². The Kier molecular flexibility index (Phi) is 10.3. The Balaban J connectivity index is 1.28. The number of hydrogen-bond acceptors (Lipinski definition) is 2. The first kappa shape index (κ1) is 35.2. The first-order chi connectivity index (χ1) is 27.2. The highest BCUT2D eigenvalue weighted by molar-refractivity contribution is 5.50. The largest absolute Gasteiger partial charge is 0.300 e. The van der Waals surface area contributed by atoms with Gasteiger partial charge in [-0.2, -0.15) is 5.26 Å². The van der Waals surface area contributed by atoms with E-state index in [2.05, 4.69) is 227 Å². The molecular formula is C51H43N4+. The summed E-state index contributed by atoms with van der Waals surface area (Å²) in [5.41, 5.74) is 8.84. The fraction of sp³-hybridized carbons (Fsp3) is 0.0980. The van der Waals surface area contributed by atoms with Crippen molar-refractivity contribution in [1.82, 2.24) is 9.88 Å². The molecule has 0 aliphatic carbocycles. The number of benzene rings is 7. The molecule has 0 aliphatic rings. The number of hydrogen-bond donors (Lipinski definition) is 1. The van der Waals surface area contributed by atoms with Crippen LogP contribution in [-0.4, -0.2) is 11.1 Å². The lowest BCUT2D eigenvalue weighted by Gasteiger charge is -2.37. The van der Waals surface area contributed by atoms with Gasteiger partial charge in [0.15, 0.2) is 5.54 Å². The minimum absolute atomic E-state index is 0.577. The van der Waals surface area contributed by atoms with Crippen LogP contribution < -0.4 is 9.88 Å². The standard InChI is InChI=1S/C51H43N4/c52-37-41-31-33-42(34-32-41)38-54-40-55(51(46-25-13-4-14-26-46,47-27-15-5-16-28-47)48-29-17-6-18-30-48)39-49(54)35-36-53-50(43-19-7-1-8-20-43,44-21-9-2-10-22-44)45-23-11-3-12-24-45/h1-34,39-40,53H,35-36,38H2/q+1. The molecule has 0 saturated heterocycles. The number of rotatable bonds is 13. The highest BCUT2D eigenvalue weighted by Gasteiger charge is 2.44. The van der Waals surface area contributed by atoms with E-state index in [4.69, 9.17) is 0 Å². The molecule has 0 saturated carbocycles. The van der Waals surface area contributed by atoms with Crippen molar-refractivity contribution in [2.45, 2.75) is 24.0 Å². The highest BCUT2D eigenvalue weighted by atomic mass is 15.2. The summed E-state index contributed by atoms with van der Waals surface area (Å²) < 4.78 is 4.78. The summed E-state index contributed by atoms with van der Waals surface area (Å²) in [6, 6.07) is 75.0. The van der Waals surface area contributed by atoms with Gasteiger partial charge in [0.1, 0.15) is 18.4 Å². The molecule has 1 aromatic heterocycles. The van der Waals surface area contributed by atoms with E-state index in [1.54, 1.807) is 0 Å². The van der Waals surface area contributed by atoms with Crippen molar-refractivity contribution in [3.05, 3.63) is 269 Å². The molecule has 8 aromatic rings. The fourth-order valence-electron chi connectivity index (χ4n) is 8.14. The molecule has 4 nitrogen and oxygen atoms in total. The zero-order valence-corrected chi connectivity index (χ0v) is 30.7. The van der Waals surface area contributed by atoms with E-state index < -0.39 is 11.1 Å². The van der Waals surface area contributed by atoms with Gasteiger partial charge < -0.3 is 0 Å². The Morgan fingerprint density at radius 1 is 0.491 bits per heavy atom. The van der Waals surface area contributed by atoms with E-state index in [1.807, 2.05) is 12.1 Å². The number of nitriles is 1. The lowest BCUT2D eigenvalue weighted by atomic mass is 9.76. The van der Waals surface area contributed by atoms with Crippen molar-refractivity contribution in [2.24, 2.45) is 0 Å². The quantitative estimate of drug-likeness (QED) is 0.0957. The summed E-state index contributed by atoms with van der Waals surface area (Å²) in [5, 5.41) is 13.6. The Bertz CT molecular complexity index is 2260. The van der Waals surface area contributed by atoms with Crippen molar-refractivity contribution >= 4 is 0 Å². The topological polar surface area (TPSA) is 44.6 Å². The van der Waals surface area contributed by atoms with Gasteiger partial charge in [-0.25, -0.2) is 9.13 Å². The first-order valence-electron chi connectivity index (χ1n) is 18.9. The maximum atomic E-state index is 9.52. The van der Waals surface area contributed by atoms with Gasteiger partial charge in [-0.05, 0) is 34.4 Å². The van der Waals surface area contributed by atoms with Crippen molar-refractivity contribution in [3.63, 3.8) is 0 Å². The molecular weight excluding hydrogens is 669 g/mol. The number of nitrogens with one attached hydrogen (secondary N) is 1. The van der Waals surface area contributed by atoms with Crippen LogP contribution in [0.25, 0.3) is 0 Å². The fourth-order valence-corrected chi connectivity index (χ4v) is 8.14. The average molecular weight is 712 g/mol. The van der Waals surface area contributed by atoms with E-state index in [1.165, 1.54) is 39.1 Å². The van der Waals surface area contributed by atoms with Crippen LogP contribution in [0.5, 0.6) is 0 Å². The van der Waals surface area contributed by atoms with Crippen molar-refractivity contribution in [3.8, 4) is 6.07 Å². The van der Waals surface area contributed by atoms with Crippen LogP contribution in [0.1, 0.15) is 50.2 Å². The maximum Gasteiger partial charge on any atom is 0.245 e. The molecule has 0 amide bonds. The second-order valence-corrected chi connectivity index (χ2v) is 13.9. The molecule has 266 valence electrons. The predicted molar refractivity (Wildman–Crippen MR) is 220 cm³/mol. The number of aromatic nitrogens is 2. The van der Waals surface area contributed by atoms with Crippen LogP contribution in [-0.2, 0) is 24.0 Å². The zero-order chi connectivity index (χ0) is 37.3. The zero-order valence-electron chi connectivity index (χ0n) is 30.7. The van der Waals surface area contributed by atoms with Crippen LogP contribution in [0.15, 0.2) is 219 Å². The van der Waals surface area contributed by atoms with Gasteiger partial charge in [-0.1, -0.05) is 194 Å². The number of imidazole rings is 1. The summed E-state index contributed by atoms with van der Waals surface area (Å²) in [6.45, 7) is 1.36. The molecule has 1 heterocycles. The van der Waals surface area contributed by atoms with Gasteiger partial charge in [0.2, 0.25) is 6.33 Å². The van der Waals surface area contributed by atoms with E-state index in [9.17, 15) is 5.26 Å². The summed E-state index contributed by atoms with van der Waals surface area (Å²) in [4.78, 5) is 0. The van der Waals surface area contributed by atoms with Gasteiger partial charge in [0.05, 0.1) is 17.2 Å². The molecule has 0 bridgehead atoms. The van der Waals surface area contributed by atoms with E-state index in [0.717, 1.165) is 12.0 Å². The van der Waals surface area contributed by atoms with Crippen LogP contribution in [0.3, 0.4) is 0 Å². The van der Waals surface area contributed by atoms with Crippen LogP contribution in [0.4, 0.5) is 0 Å². The monoisotopic (exact) mass is 711 g/mol. The Labute approximate surface area is 324 Å². The molecule has 55 heavy (non-hydrogen) atoms. The second-order valence-electron chi connectivity index (χ2n) is 13.9. The minimum atomic E-state index is -0.649. The molecule has 0 unspecified atom stereocenters. The highest BCUT2D eigenvalue weighted by Crippen LogP contribution is 2.38. The Morgan fingerprint density at radius 2 is 0.873 bits per heavy atom. The van der Waals surface area contributed by atoms with Crippen molar-refractivity contribution in [2.75, 3.05) is 6.54 Å². The summed E-state index contributed by atoms with van der Waals surface area (Å²) in [6.07, 6.45) is 5.37. The molecule has 8 rings (SSSR count). The summed E-state index contributed by atoms with van der Waals surface area (Å²) in [7, 11) is 0. The molecule has 7 aromatic carbocycles. The van der Waals surface area contributed by atoms with Crippen molar-refractivity contribution < 1.29 is 4.57 Å². The Hall–Kier alpha value is -6.80. The number of nitrogens with zero attached hydrogens (tertiary/aromatic N) is 3. The maximum absolute atomic E-state index is 9.52. The smallest absolute Gasteiger partial charge is 0.245 e. The molecule has 0 atom stereocenters. The van der Waals surface area contributed by atoms with Crippen molar-refractivity contribution in [1.29, 1.82) is 5.26 Å². The van der Waals surface area contributed by atoms with Gasteiger partial charge in [-0.15, -0.1) is 0 Å². The lowest BCUT2D eigenvalue weighted by molar-refractivity contribution is -0.734. The molecule has 0 spiro atoms. The van der Waals surface area contributed by atoms with Gasteiger partial charge >= 0.3 is 0 Å². The van der Waals surface area contributed by atoms with Gasteiger partial charge in [0.25, 0.3) is 0 Å². The molecule has 0 aliphatic heterocycles. The predicted octanol–water partition coefficient (Wildman–Crippen LogP) is 9.66.